The second-order valence-corrected chi connectivity index (χ2v) is 8.86. The van der Waals surface area contributed by atoms with Gasteiger partial charge in [0, 0.05) is 54.1 Å². The van der Waals surface area contributed by atoms with Crippen LogP contribution in [0.4, 0.5) is 5.82 Å². The molecular formula is C25H29N5O2. The Labute approximate surface area is 192 Å². The fourth-order valence-electron chi connectivity index (χ4n) is 4.98. The second kappa shape index (κ2) is 8.39. The van der Waals surface area contributed by atoms with Gasteiger partial charge in [0.25, 0.3) is 5.56 Å². The zero-order chi connectivity index (χ0) is 24.7. The molecule has 2 aliphatic rings. The molecule has 2 atom stereocenters. The van der Waals surface area contributed by atoms with Crippen LogP contribution in [0, 0.1) is 0 Å². The molecule has 2 bridgehead atoms. The molecule has 0 radical (unpaired) electrons. The van der Waals surface area contributed by atoms with Crippen LogP contribution in [0.25, 0.3) is 22.4 Å². The van der Waals surface area contributed by atoms with E-state index in [1.165, 1.54) is 31.5 Å². The Morgan fingerprint density at radius 1 is 1.09 bits per heavy atom. The van der Waals surface area contributed by atoms with Crippen molar-refractivity contribution in [2.75, 3.05) is 11.9 Å². The summed E-state index contributed by atoms with van der Waals surface area (Å²) in [4.78, 5) is 14.4. The van der Waals surface area contributed by atoms with Gasteiger partial charge in [-0.3, -0.25) is 4.79 Å². The third-order valence-corrected chi connectivity index (χ3v) is 6.78. The lowest BCUT2D eigenvalue weighted by molar-refractivity contribution is 0.219. The van der Waals surface area contributed by atoms with Gasteiger partial charge >= 0.3 is 0 Å². The number of rotatable bonds is 4. The number of nitrogens with one attached hydrogen (secondary N) is 1. The molecule has 0 amide bonds. The predicted octanol–water partition coefficient (Wildman–Crippen LogP) is 3.32. The van der Waals surface area contributed by atoms with Crippen molar-refractivity contribution < 1.29 is 9.22 Å². The second-order valence-electron chi connectivity index (χ2n) is 8.86. The molecule has 0 spiro atoms. The number of hydrogen-bond donors (Lipinski definition) is 2. The highest BCUT2D eigenvalue weighted by Crippen LogP contribution is 2.33. The molecule has 3 aromatic rings. The summed E-state index contributed by atoms with van der Waals surface area (Å²) in [7, 11) is 2.07. The van der Waals surface area contributed by atoms with Crippen LogP contribution in [0.1, 0.15) is 36.2 Å². The van der Waals surface area contributed by atoms with E-state index in [2.05, 4.69) is 27.5 Å². The number of hydrogen-bond acceptors (Lipinski definition) is 6. The summed E-state index contributed by atoms with van der Waals surface area (Å²) in [6.45, 7) is -2.53. The van der Waals surface area contributed by atoms with Crippen molar-refractivity contribution in [3.63, 3.8) is 0 Å². The molecule has 2 aromatic heterocycles. The SMILES string of the molecule is [2H]C([2H])([2H])n1ccc(-c2ccc(-c3ccc(N(C)C4CC5CCCC(C4)N5)nn3)c(O)c2)cc1=O. The average Bonchev–Trinajstić information content (AvgIpc) is 2.82. The number of nitrogens with zero attached hydrogens (tertiary/aromatic N) is 4. The van der Waals surface area contributed by atoms with E-state index >= 15 is 0 Å². The molecule has 7 nitrogen and oxygen atoms in total. The average molecular weight is 435 g/mol. The van der Waals surface area contributed by atoms with Gasteiger partial charge in [0.1, 0.15) is 5.75 Å². The van der Waals surface area contributed by atoms with E-state index in [0.29, 0.717) is 45.1 Å². The Kier molecular flexibility index (Phi) is 4.56. The molecule has 5 rings (SSSR count). The van der Waals surface area contributed by atoms with Crippen LogP contribution in [-0.2, 0) is 6.98 Å². The van der Waals surface area contributed by atoms with E-state index in [4.69, 9.17) is 4.11 Å². The number of phenols is 1. The molecule has 4 heterocycles. The highest BCUT2D eigenvalue weighted by atomic mass is 16.3. The number of anilines is 1. The molecule has 2 saturated heterocycles. The molecule has 2 aliphatic heterocycles. The molecule has 2 unspecified atom stereocenters. The van der Waals surface area contributed by atoms with Gasteiger partial charge in [-0.15, -0.1) is 10.2 Å². The summed E-state index contributed by atoms with van der Waals surface area (Å²) in [5.74, 6) is 0.814. The first-order valence-electron chi connectivity index (χ1n) is 12.6. The molecule has 166 valence electrons. The molecule has 2 fully saturated rings. The van der Waals surface area contributed by atoms with Gasteiger partial charge in [-0.05, 0) is 67.1 Å². The van der Waals surface area contributed by atoms with Gasteiger partial charge in [-0.25, -0.2) is 0 Å². The van der Waals surface area contributed by atoms with E-state index in [-0.39, 0.29) is 5.75 Å². The Hall–Kier alpha value is -3.19. The number of aromatic nitrogens is 3. The number of benzene rings is 1. The third kappa shape index (κ3) is 4.00. The zero-order valence-corrected chi connectivity index (χ0v) is 18.0. The normalized spacial score (nSPS) is 24.3. The van der Waals surface area contributed by atoms with E-state index in [9.17, 15) is 9.90 Å². The highest BCUT2D eigenvalue weighted by Gasteiger charge is 2.33. The molecule has 0 saturated carbocycles. The Morgan fingerprint density at radius 3 is 2.53 bits per heavy atom. The van der Waals surface area contributed by atoms with Crippen LogP contribution < -0.4 is 15.8 Å². The van der Waals surface area contributed by atoms with Gasteiger partial charge in [0.15, 0.2) is 5.82 Å². The van der Waals surface area contributed by atoms with Crippen LogP contribution in [-0.4, -0.2) is 45.0 Å². The minimum Gasteiger partial charge on any atom is -0.507 e. The topological polar surface area (TPSA) is 83.3 Å². The highest BCUT2D eigenvalue weighted by molar-refractivity contribution is 5.74. The lowest BCUT2D eigenvalue weighted by Crippen LogP contribution is -2.54. The molecule has 7 heteroatoms. The maximum Gasteiger partial charge on any atom is 0.250 e. The first-order chi connectivity index (χ1) is 16.7. The summed E-state index contributed by atoms with van der Waals surface area (Å²) in [6.07, 6.45) is 7.23. The number of phenolic OH excluding ortho intramolecular Hbond substituents is 1. The number of piperidine rings is 2. The number of aromatic hydroxyl groups is 1. The first-order valence-corrected chi connectivity index (χ1v) is 11.1. The van der Waals surface area contributed by atoms with Crippen molar-refractivity contribution in [1.82, 2.24) is 20.1 Å². The summed E-state index contributed by atoms with van der Waals surface area (Å²) >= 11 is 0. The summed E-state index contributed by atoms with van der Waals surface area (Å²) < 4.78 is 22.9. The number of fused-ring (bicyclic) bond motifs is 2. The van der Waals surface area contributed by atoms with E-state index in [1.807, 2.05) is 12.1 Å². The van der Waals surface area contributed by atoms with Gasteiger partial charge in [0.2, 0.25) is 0 Å². The smallest absolute Gasteiger partial charge is 0.250 e. The van der Waals surface area contributed by atoms with Crippen LogP contribution in [0.15, 0.2) is 53.5 Å². The van der Waals surface area contributed by atoms with Crippen LogP contribution in [0.2, 0.25) is 0 Å². The summed E-state index contributed by atoms with van der Waals surface area (Å²) in [5.41, 5.74) is 1.57. The van der Waals surface area contributed by atoms with E-state index in [1.54, 1.807) is 24.3 Å². The van der Waals surface area contributed by atoms with Crippen molar-refractivity contribution in [3.8, 4) is 28.1 Å². The quantitative estimate of drug-likeness (QED) is 0.655. The molecule has 32 heavy (non-hydrogen) atoms. The number of aryl methyl sites for hydroxylation is 1. The Bertz CT molecular complexity index is 1260. The van der Waals surface area contributed by atoms with Gasteiger partial charge in [-0.1, -0.05) is 12.5 Å². The maximum absolute atomic E-state index is 12.2. The lowest BCUT2D eigenvalue weighted by atomic mass is 9.83. The molecule has 2 N–H and O–H groups in total. The lowest BCUT2D eigenvalue weighted by Gasteiger charge is -2.43. The van der Waals surface area contributed by atoms with E-state index < -0.39 is 12.5 Å². The zero-order valence-electron chi connectivity index (χ0n) is 21.0. The Balaban J connectivity index is 1.34. The fraction of sp³-hybridized carbons (Fsp3) is 0.400. The minimum atomic E-state index is -2.53. The van der Waals surface area contributed by atoms with E-state index in [0.717, 1.165) is 18.7 Å². The van der Waals surface area contributed by atoms with Gasteiger partial charge < -0.3 is 19.9 Å². The molecular weight excluding hydrogens is 402 g/mol. The monoisotopic (exact) mass is 434 g/mol. The fourth-order valence-corrected chi connectivity index (χ4v) is 4.98. The molecule has 1 aromatic carbocycles. The van der Waals surface area contributed by atoms with Crippen molar-refractivity contribution in [2.24, 2.45) is 6.98 Å². The van der Waals surface area contributed by atoms with Crippen LogP contribution in [0.3, 0.4) is 0 Å². The van der Waals surface area contributed by atoms with Crippen molar-refractivity contribution in [3.05, 3.63) is 59.0 Å². The third-order valence-electron chi connectivity index (χ3n) is 6.78. The number of pyridine rings is 1. The van der Waals surface area contributed by atoms with Crippen molar-refractivity contribution in [2.45, 2.75) is 50.2 Å². The summed E-state index contributed by atoms with van der Waals surface area (Å²) in [6, 6.07) is 13.2. The van der Waals surface area contributed by atoms with Crippen molar-refractivity contribution in [1.29, 1.82) is 0 Å². The van der Waals surface area contributed by atoms with Crippen LogP contribution >= 0.6 is 0 Å². The van der Waals surface area contributed by atoms with Crippen LogP contribution in [0.5, 0.6) is 5.75 Å². The van der Waals surface area contributed by atoms with Crippen molar-refractivity contribution >= 4 is 5.82 Å². The standard InChI is InChI=1S/C25H29N5O2/c1-29-11-10-17(13-25(29)32)16-6-7-21(23(31)12-16)22-8-9-24(28-27-22)30(2)20-14-18-4-3-5-19(15-20)26-18/h6-13,18-20,26,31H,3-5,14-15H2,1-2H3/i1D3. The molecule has 0 aliphatic carbocycles. The van der Waals surface area contributed by atoms with Gasteiger partial charge in [-0.2, -0.15) is 0 Å². The largest absolute Gasteiger partial charge is 0.507 e. The maximum atomic E-state index is 12.2. The van der Waals surface area contributed by atoms with Gasteiger partial charge in [0.05, 0.1) is 5.69 Å². The summed E-state index contributed by atoms with van der Waals surface area (Å²) in [5, 5.41) is 23.2. The minimum absolute atomic E-state index is 0.00378. The predicted molar refractivity (Wildman–Crippen MR) is 126 cm³/mol. The first kappa shape index (κ1) is 17.4. The Morgan fingerprint density at radius 2 is 1.88 bits per heavy atom.